The van der Waals surface area contributed by atoms with Crippen LogP contribution in [0.15, 0.2) is 46.7 Å². The van der Waals surface area contributed by atoms with Crippen LogP contribution in [0.2, 0.25) is 0 Å². The molecule has 9 heteroatoms. The van der Waals surface area contributed by atoms with Crippen LogP contribution in [0.3, 0.4) is 0 Å². The van der Waals surface area contributed by atoms with Gasteiger partial charge in [0.2, 0.25) is 0 Å². The lowest BCUT2D eigenvalue weighted by molar-refractivity contribution is -0.145. The maximum Gasteiger partial charge on any atom is 0.327 e. The number of esters is 1. The number of likely N-dealkylation sites (tertiary alicyclic amines) is 1. The van der Waals surface area contributed by atoms with Gasteiger partial charge in [-0.25, -0.2) is 8.42 Å². The molecule has 0 atom stereocenters. The normalized spacial score (nSPS) is 15.5. The van der Waals surface area contributed by atoms with Gasteiger partial charge in [0.1, 0.15) is 12.4 Å². The van der Waals surface area contributed by atoms with E-state index in [1.54, 1.807) is 24.0 Å². The second-order valence-corrected chi connectivity index (χ2v) is 10.2. The Morgan fingerprint density at radius 1 is 1.16 bits per heavy atom. The number of sulfone groups is 1. The van der Waals surface area contributed by atoms with Crippen molar-refractivity contribution >= 4 is 33.1 Å². The van der Waals surface area contributed by atoms with Crippen molar-refractivity contribution in [3.05, 3.63) is 46.7 Å². The van der Waals surface area contributed by atoms with E-state index in [9.17, 15) is 18.0 Å². The molecule has 1 aliphatic rings. The minimum Gasteiger partial charge on any atom is -0.481 e. The second-order valence-electron chi connectivity index (χ2n) is 6.95. The number of carbonyl (C=O) groups excluding carboxylic acids is 2. The molecule has 164 valence electrons. The zero-order valence-electron chi connectivity index (χ0n) is 17.3. The Bertz CT molecular complexity index is 1090. The lowest BCUT2D eigenvalue weighted by atomic mass is 9.95. The Labute approximate surface area is 185 Å². The van der Waals surface area contributed by atoms with Crippen molar-refractivity contribution in [2.75, 3.05) is 26.8 Å². The predicted molar refractivity (Wildman–Crippen MR) is 117 cm³/mol. The van der Waals surface area contributed by atoms with Crippen LogP contribution in [0, 0.1) is 11.8 Å². The maximum atomic E-state index is 13.5. The molecular formula is C22H23NO6S2. The topological polar surface area (TPSA) is 90.0 Å². The number of ether oxygens (including phenoxy) is 2. The quantitative estimate of drug-likeness (QED) is 0.485. The first kappa shape index (κ1) is 22.8. The molecule has 0 saturated carbocycles. The van der Waals surface area contributed by atoms with E-state index in [0.29, 0.717) is 10.6 Å². The molecule has 0 unspecified atom stereocenters. The van der Waals surface area contributed by atoms with Crippen LogP contribution < -0.4 is 4.74 Å². The lowest BCUT2D eigenvalue weighted by Crippen LogP contribution is -2.55. The SMILES string of the molecule is CC#CCOc1ccc(S(=O)(=O)C2(C(=O)OC)CCN(C(=O)c3cccs3)CC2)cc1. The van der Waals surface area contributed by atoms with Crippen LogP contribution in [-0.2, 0) is 19.4 Å². The molecule has 1 saturated heterocycles. The summed E-state index contributed by atoms with van der Waals surface area (Å²) in [5.74, 6) is 4.98. The molecule has 1 aromatic carbocycles. The average molecular weight is 462 g/mol. The lowest BCUT2D eigenvalue weighted by Gasteiger charge is -2.38. The van der Waals surface area contributed by atoms with Gasteiger partial charge in [-0.15, -0.1) is 17.3 Å². The standard InChI is InChI=1S/C22H23NO6S2/c1-3-4-15-29-17-7-9-18(10-8-17)31(26,27)22(21(25)28-2)11-13-23(14-12-22)20(24)19-6-5-16-30-19/h5-10,16H,11-15H2,1-2H3. The second kappa shape index (κ2) is 9.54. The third-order valence-corrected chi connectivity index (χ3v) is 8.64. The van der Waals surface area contributed by atoms with Crippen LogP contribution in [0.25, 0.3) is 0 Å². The third kappa shape index (κ3) is 4.45. The van der Waals surface area contributed by atoms with Gasteiger partial charge in [0.05, 0.1) is 16.9 Å². The van der Waals surface area contributed by atoms with Gasteiger partial charge >= 0.3 is 5.97 Å². The number of hydrogen-bond donors (Lipinski definition) is 0. The Balaban J connectivity index is 1.84. The monoisotopic (exact) mass is 461 g/mol. The Morgan fingerprint density at radius 3 is 2.39 bits per heavy atom. The number of hydrogen-bond acceptors (Lipinski definition) is 7. The molecule has 2 aromatic rings. The van der Waals surface area contributed by atoms with Crippen LogP contribution >= 0.6 is 11.3 Å². The number of benzene rings is 1. The molecule has 1 fully saturated rings. The molecule has 0 radical (unpaired) electrons. The minimum absolute atomic E-state index is 0.00450. The van der Waals surface area contributed by atoms with E-state index in [-0.39, 0.29) is 43.3 Å². The number of thiophene rings is 1. The number of methoxy groups -OCH3 is 1. The molecule has 0 spiro atoms. The highest BCUT2D eigenvalue weighted by atomic mass is 32.2. The van der Waals surface area contributed by atoms with Gasteiger partial charge in [-0.05, 0) is 55.5 Å². The van der Waals surface area contributed by atoms with E-state index in [2.05, 4.69) is 11.8 Å². The van der Waals surface area contributed by atoms with Crippen LogP contribution in [0.4, 0.5) is 0 Å². The highest BCUT2D eigenvalue weighted by molar-refractivity contribution is 7.93. The molecule has 0 aliphatic carbocycles. The highest BCUT2D eigenvalue weighted by Gasteiger charge is 2.54. The predicted octanol–water partition coefficient (Wildman–Crippen LogP) is 2.77. The number of amides is 1. The third-order valence-electron chi connectivity index (χ3n) is 5.28. The summed E-state index contributed by atoms with van der Waals surface area (Å²) in [6.45, 7) is 2.18. The zero-order chi connectivity index (χ0) is 22.5. The first-order valence-corrected chi connectivity index (χ1v) is 12.0. The Morgan fingerprint density at radius 2 is 1.84 bits per heavy atom. The number of carbonyl (C=O) groups is 2. The summed E-state index contributed by atoms with van der Waals surface area (Å²) in [4.78, 5) is 27.5. The van der Waals surface area contributed by atoms with Crippen molar-refractivity contribution in [2.24, 2.45) is 0 Å². The largest absolute Gasteiger partial charge is 0.481 e. The molecule has 1 aliphatic heterocycles. The number of piperidine rings is 1. The first-order chi connectivity index (χ1) is 14.9. The van der Waals surface area contributed by atoms with Gasteiger partial charge in [-0.2, -0.15) is 0 Å². The van der Waals surface area contributed by atoms with E-state index in [1.165, 1.54) is 42.7 Å². The molecule has 31 heavy (non-hydrogen) atoms. The van der Waals surface area contributed by atoms with E-state index in [4.69, 9.17) is 9.47 Å². The fraction of sp³-hybridized carbons (Fsp3) is 0.364. The van der Waals surface area contributed by atoms with E-state index < -0.39 is 20.6 Å². The maximum absolute atomic E-state index is 13.5. The Kier molecular flexibility index (Phi) is 7.03. The summed E-state index contributed by atoms with van der Waals surface area (Å²) < 4.78 is 35.6. The zero-order valence-corrected chi connectivity index (χ0v) is 18.9. The van der Waals surface area contributed by atoms with Crippen LogP contribution in [0.5, 0.6) is 5.75 Å². The molecule has 1 aromatic heterocycles. The summed E-state index contributed by atoms with van der Waals surface area (Å²) in [6.07, 6.45) is -0.0765. The average Bonchev–Trinajstić information content (AvgIpc) is 3.33. The summed E-state index contributed by atoms with van der Waals surface area (Å²) in [6, 6.07) is 9.40. The van der Waals surface area contributed by atoms with Gasteiger partial charge in [-0.3, -0.25) is 9.59 Å². The van der Waals surface area contributed by atoms with Crippen molar-refractivity contribution in [3.8, 4) is 17.6 Å². The molecule has 0 bridgehead atoms. The molecule has 7 nitrogen and oxygen atoms in total. The highest BCUT2D eigenvalue weighted by Crippen LogP contribution is 2.37. The van der Waals surface area contributed by atoms with E-state index >= 15 is 0 Å². The smallest absolute Gasteiger partial charge is 0.327 e. The Hall–Kier alpha value is -2.83. The fourth-order valence-corrected chi connectivity index (χ4v) is 6.19. The number of rotatable bonds is 6. The minimum atomic E-state index is -4.07. The summed E-state index contributed by atoms with van der Waals surface area (Å²) in [5.41, 5.74) is 0. The van der Waals surface area contributed by atoms with Crippen molar-refractivity contribution < 1.29 is 27.5 Å². The van der Waals surface area contributed by atoms with Crippen LogP contribution in [-0.4, -0.2) is 56.7 Å². The van der Waals surface area contributed by atoms with Crippen molar-refractivity contribution in [3.63, 3.8) is 0 Å². The molecule has 2 heterocycles. The summed E-state index contributed by atoms with van der Waals surface area (Å²) in [7, 11) is -2.90. The van der Waals surface area contributed by atoms with Gasteiger partial charge in [0.15, 0.2) is 14.6 Å². The van der Waals surface area contributed by atoms with Crippen molar-refractivity contribution in [1.82, 2.24) is 4.90 Å². The van der Waals surface area contributed by atoms with Gasteiger partial charge in [-0.1, -0.05) is 12.0 Å². The van der Waals surface area contributed by atoms with Gasteiger partial charge in [0, 0.05) is 13.1 Å². The summed E-state index contributed by atoms with van der Waals surface area (Å²) in [5, 5.41) is 1.81. The van der Waals surface area contributed by atoms with Crippen molar-refractivity contribution in [1.29, 1.82) is 0 Å². The molecule has 1 amide bonds. The number of nitrogens with zero attached hydrogens (tertiary/aromatic N) is 1. The van der Waals surface area contributed by atoms with E-state index in [1.807, 2.05) is 5.38 Å². The van der Waals surface area contributed by atoms with Crippen LogP contribution in [0.1, 0.15) is 29.4 Å². The molecule has 3 rings (SSSR count). The summed E-state index contributed by atoms with van der Waals surface area (Å²) >= 11 is 1.32. The fourth-order valence-electron chi connectivity index (χ4n) is 3.53. The van der Waals surface area contributed by atoms with Gasteiger partial charge < -0.3 is 14.4 Å². The van der Waals surface area contributed by atoms with Crippen molar-refractivity contribution in [2.45, 2.75) is 29.4 Å². The molecule has 0 N–H and O–H groups in total. The van der Waals surface area contributed by atoms with E-state index in [0.717, 1.165) is 0 Å². The first-order valence-electron chi connectivity index (χ1n) is 9.64. The van der Waals surface area contributed by atoms with Gasteiger partial charge in [0.25, 0.3) is 5.91 Å². The molecular weight excluding hydrogens is 438 g/mol.